The summed E-state index contributed by atoms with van der Waals surface area (Å²) in [5, 5.41) is 31.6. The summed E-state index contributed by atoms with van der Waals surface area (Å²) < 4.78 is 0. The van der Waals surface area contributed by atoms with E-state index in [1.165, 1.54) is 0 Å². The van der Waals surface area contributed by atoms with E-state index in [0.717, 1.165) is 72.7 Å². The Balaban J connectivity index is 0. The van der Waals surface area contributed by atoms with Crippen molar-refractivity contribution in [1.29, 1.82) is 0 Å². The van der Waals surface area contributed by atoms with Gasteiger partial charge in [0.2, 0.25) is 0 Å². The van der Waals surface area contributed by atoms with Gasteiger partial charge >= 0.3 is 11.8 Å². The Kier molecular flexibility index (Phi) is 26.7. The first-order chi connectivity index (χ1) is 22.3. The second-order valence-electron chi connectivity index (χ2n) is 8.27. The Morgan fingerprint density at radius 1 is 0.660 bits per heavy atom. The number of rotatable bonds is 4. The minimum atomic E-state index is -0.965. The molecule has 0 radical (unpaired) electrons. The second-order valence-corrected chi connectivity index (χ2v) is 8.27. The molecule has 2 aliphatic heterocycles. The number of carboxylic acid groups (broad SMARTS) is 1. The topological polar surface area (TPSA) is 269 Å². The first kappa shape index (κ1) is 44.8. The fourth-order valence-corrected chi connectivity index (χ4v) is 3.26. The molecule has 2 amide bonds. The highest BCUT2D eigenvalue weighted by Crippen LogP contribution is 2.18. The quantitative estimate of drug-likeness (QED) is 0.0504. The third-order valence-corrected chi connectivity index (χ3v) is 5.20. The number of hydrazine groups is 2. The summed E-state index contributed by atoms with van der Waals surface area (Å²) in [5.41, 5.74) is 9.96. The Morgan fingerprint density at radius 2 is 0.936 bits per heavy atom. The number of nitrogens with one attached hydrogen (secondary N) is 2. The van der Waals surface area contributed by atoms with Crippen molar-refractivity contribution in [3.05, 3.63) is 108 Å². The number of carbonyl (C=O) groups is 4. The van der Waals surface area contributed by atoms with Crippen LogP contribution in [-0.2, 0) is 14.4 Å². The zero-order chi connectivity index (χ0) is 34.7. The molecule has 0 aromatic heterocycles. The van der Waals surface area contributed by atoms with E-state index in [2.05, 4.69) is 93.6 Å². The highest BCUT2D eigenvalue weighted by molar-refractivity contribution is 15.0. The molecule has 11 N–H and O–H groups in total. The van der Waals surface area contributed by atoms with E-state index < -0.39 is 17.8 Å². The summed E-state index contributed by atoms with van der Waals surface area (Å²) in [4.78, 5) is 39.0. The molecule has 0 spiro atoms. The van der Waals surface area contributed by atoms with Crippen molar-refractivity contribution in [3.63, 3.8) is 0 Å². The third kappa shape index (κ3) is 18.5. The lowest BCUT2D eigenvalue weighted by atomic mass is 9.99. The Labute approximate surface area is 295 Å². The molecule has 2 aliphatic rings. The van der Waals surface area contributed by atoms with Crippen molar-refractivity contribution in [1.82, 2.24) is 17.0 Å². The summed E-state index contributed by atoms with van der Waals surface area (Å²) in [6.45, 7) is 1.08. The van der Waals surface area contributed by atoms with Crippen LogP contribution in [0.4, 0.5) is 0 Å². The van der Waals surface area contributed by atoms with Crippen LogP contribution in [0.1, 0.15) is 41.3 Å². The maximum atomic E-state index is 10.0. The van der Waals surface area contributed by atoms with Gasteiger partial charge in [0.05, 0.1) is 22.8 Å². The van der Waals surface area contributed by atoms with Crippen molar-refractivity contribution in [2.24, 2.45) is 32.1 Å². The van der Waals surface area contributed by atoms with Crippen molar-refractivity contribution in [3.8, 4) is 0 Å². The first-order valence-electron chi connectivity index (χ1n) is 13.0. The number of aldehydes is 1. The number of aliphatic hydroxyl groups is 1. The van der Waals surface area contributed by atoms with Crippen LogP contribution in [0.15, 0.2) is 111 Å². The van der Waals surface area contributed by atoms with Gasteiger partial charge in [-0.2, -0.15) is 20.4 Å². The molecule has 47 heavy (non-hydrogen) atoms. The van der Waals surface area contributed by atoms with Crippen LogP contribution < -0.4 is 28.7 Å². The smallest absolute Gasteiger partial charge is 0.324 e. The van der Waals surface area contributed by atoms with Crippen molar-refractivity contribution >= 4 is 84.1 Å². The van der Waals surface area contributed by atoms with Gasteiger partial charge in [-0.05, 0) is 11.1 Å². The molecular formula is C30H37I2N9O6. The number of hydrogen-bond donors (Lipinski definition) is 7. The zero-order valence-electron chi connectivity index (χ0n) is 25.6. The predicted molar refractivity (Wildman–Crippen MR) is 201 cm³/mol. The molecule has 3 aromatic carbocycles. The molecule has 0 saturated heterocycles. The number of carboxylic acids is 1. The number of hydrogen-bond acceptors (Lipinski definition) is 12. The van der Waals surface area contributed by atoms with Crippen LogP contribution in [0, 0.1) is 0 Å². The monoisotopic (exact) mass is 873 g/mol. The largest absolute Gasteiger partial charge is 0.481 e. The van der Waals surface area contributed by atoms with Gasteiger partial charge in [-0.1, -0.05) is 91.0 Å². The van der Waals surface area contributed by atoms with Gasteiger partial charge in [0.15, 0.2) is 0 Å². The average Bonchev–Trinajstić information content (AvgIpc) is 3.82. The van der Waals surface area contributed by atoms with Crippen LogP contribution in [0.5, 0.6) is 0 Å². The second kappa shape index (κ2) is 28.0. The molecule has 0 saturated carbocycles. The van der Waals surface area contributed by atoms with E-state index in [0.29, 0.717) is 0 Å². The number of carbonyl (C=O) groups excluding carboxylic acids is 3. The number of aliphatic hydroxyl groups excluding tert-OH is 1. The van der Waals surface area contributed by atoms with Crippen molar-refractivity contribution < 1.29 is 29.4 Å². The molecule has 0 fully saturated rings. The Hall–Kier alpha value is -4.28. The number of amides is 2. The minimum Gasteiger partial charge on any atom is -0.481 e. The van der Waals surface area contributed by atoms with Gasteiger partial charge in [0.1, 0.15) is 6.29 Å². The van der Waals surface area contributed by atoms with Gasteiger partial charge < -0.3 is 16.4 Å². The molecule has 2 heterocycles. The number of aliphatic carboxylic acids is 1. The van der Waals surface area contributed by atoms with Gasteiger partial charge in [-0.3, -0.25) is 30.0 Å². The van der Waals surface area contributed by atoms with Crippen LogP contribution in [0.3, 0.4) is 0 Å². The molecule has 15 nitrogen and oxygen atoms in total. The van der Waals surface area contributed by atoms with Crippen LogP contribution in [0.2, 0.25) is 0 Å². The zero-order valence-corrected chi connectivity index (χ0v) is 29.9. The lowest BCUT2D eigenvalue weighted by Gasteiger charge is -2.02. The molecule has 3 aromatic rings. The third-order valence-electron chi connectivity index (χ3n) is 5.20. The standard InChI is InChI=1S/C18H14N4.C7H6O.C2H6N4O2.C2H4O2.CH4O.I2.H3N/c1-3-7-13(8-4-1)15-11-17(21-19-15)18-12-16(20-22-18)14-9-5-2-6-10-14;8-6-7-4-2-1-3-5-7;3-5-1(7)2(8)6-4;1-2(3)4;2*1-2;/h1-10H,11-12H2;1-6H;3-4H2,(H,5,7)(H,6,8);1H3,(H,3,4);2H,1H3;;1H3. The highest BCUT2D eigenvalue weighted by atomic mass is 128. The van der Waals surface area contributed by atoms with Crippen LogP contribution in [0.25, 0.3) is 0 Å². The average molecular weight is 873 g/mol. The summed E-state index contributed by atoms with van der Waals surface area (Å²) >= 11 is 4.24. The maximum absolute atomic E-state index is 10.0. The normalized spacial score (nSPS) is 11.5. The molecule has 0 atom stereocenters. The molecule has 0 bridgehead atoms. The Bertz CT molecular complexity index is 1400. The van der Waals surface area contributed by atoms with Gasteiger partial charge in [-0.25, -0.2) is 11.7 Å². The highest BCUT2D eigenvalue weighted by Gasteiger charge is 2.23. The molecule has 5 rings (SSSR count). The summed E-state index contributed by atoms with van der Waals surface area (Å²) in [5.74, 6) is 6.30. The minimum absolute atomic E-state index is 0. The van der Waals surface area contributed by atoms with E-state index in [1.807, 2.05) is 54.6 Å². The lowest BCUT2D eigenvalue weighted by molar-refractivity contribution is -0.139. The number of benzene rings is 3. The number of nitrogens with zero attached hydrogens (tertiary/aromatic N) is 4. The maximum Gasteiger partial charge on any atom is 0.324 e. The summed E-state index contributed by atoms with van der Waals surface area (Å²) in [7, 11) is 1.00. The fraction of sp³-hybridized carbons (Fsp3) is 0.133. The molecule has 17 heteroatoms. The molecule has 0 aliphatic carbocycles. The number of nitrogens with two attached hydrogens (primary N) is 2. The number of halogens is 2. The van der Waals surface area contributed by atoms with Gasteiger partial charge in [-0.15, -0.1) is 0 Å². The van der Waals surface area contributed by atoms with Gasteiger partial charge in [0.25, 0.3) is 5.97 Å². The van der Waals surface area contributed by atoms with E-state index in [9.17, 15) is 14.4 Å². The first-order valence-corrected chi connectivity index (χ1v) is 19.3. The molecule has 252 valence electrons. The van der Waals surface area contributed by atoms with E-state index in [-0.39, 0.29) is 6.15 Å². The van der Waals surface area contributed by atoms with E-state index >= 15 is 0 Å². The van der Waals surface area contributed by atoms with E-state index in [1.54, 1.807) is 23.0 Å². The lowest BCUT2D eigenvalue weighted by Crippen LogP contribution is -2.45. The summed E-state index contributed by atoms with van der Waals surface area (Å²) in [6, 6.07) is 29.4. The van der Waals surface area contributed by atoms with Crippen LogP contribution >= 0.6 is 37.2 Å². The Morgan fingerprint density at radius 3 is 1.19 bits per heavy atom. The van der Waals surface area contributed by atoms with E-state index in [4.69, 9.17) is 15.0 Å². The van der Waals surface area contributed by atoms with Crippen molar-refractivity contribution in [2.45, 2.75) is 19.8 Å². The summed E-state index contributed by atoms with van der Waals surface area (Å²) in [6.07, 6.45) is 2.28. The predicted octanol–water partition coefficient (Wildman–Crippen LogP) is 3.58. The van der Waals surface area contributed by atoms with Gasteiger partial charge in [0, 0.05) is 69.7 Å². The van der Waals surface area contributed by atoms with Crippen molar-refractivity contribution in [2.75, 3.05) is 7.11 Å². The SMILES string of the molecule is CC(=O)O.CO.II.N.NNC(=O)C(=O)NN.O=Cc1ccccc1.c1ccc(C2=NN=C(C3=NN=C(c4ccccc4)C3)C2)cc1. The molecule has 0 unspecified atom stereocenters. The fourth-order valence-electron chi connectivity index (χ4n) is 3.26. The molecular weight excluding hydrogens is 836 g/mol. The van der Waals surface area contributed by atoms with Crippen LogP contribution in [-0.4, -0.2) is 64.2 Å².